The number of rotatable bonds is 9. The molecule has 0 aliphatic rings. The number of nitrogens with one attached hydrogen (secondary N) is 2. The molecular formula is C26H28N2O6S. The van der Waals surface area contributed by atoms with Crippen LogP contribution in [-0.2, 0) is 19.6 Å². The number of phenolic OH excluding ortho intramolecular Hbond substituents is 1. The summed E-state index contributed by atoms with van der Waals surface area (Å²) in [4.78, 5) is 13.1. The van der Waals surface area contributed by atoms with Crippen molar-refractivity contribution >= 4 is 32.9 Å². The van der Waals surface area contributed by atoms with Crippen LogP contribution in [0.25, 0.3) is 5.57 Å². The van der Waals surface area contributed by atoms with E-state index >= 15 is 0 Å². The Kier molecular flexibility index (Phi) is 8.03. The maximum Gasteiger partial charge on any atom is 0.340 e. The van der Waals surface area contributed by atoms with E-state index in [0.29, 0.717) is 22.7 Å². The van der Waals surface area contributed by atoms with E-state index < -0.39 is 16.0 Å². The first-order valence-corrected chi connectivity index (χ1v) is 12.4. The van der Waals surface area contributed by atoms with E-state index in [1.165, 1.54) is 24.3 Å². The van der Waals surface area contributed by atoms with Gasteiger partial charge in [0, 0.05) is 22.6 Å². The first-order chi connectivity index (χ1) is 16.7. The molecule has 0 amide bonds. The van der Waals surface area contributed by atoms with Gasteiger partial charge in [0.15, 0.2) is 0 Å². The number of phenols is 1. The largest absolute Gasteiger partial charge is 0.507 e. The maximum atomic E-state index is 13.0. The summed E-state index contributed by atoms with van der Waals surface area (Å²) in [6.45, 7) is 5.09. The predicted octanol–water partition coefficient (Wildman–Crippen LogP) is 4.92. The number of esters is 1. The van der Waals surface area contributed by atoms with Crippen molar-refractivity contribution in [2.75, 3.05) is 23.8 Å². The fourth-order valence-corrected chi connectivity index (χ4v) is 4.53. The van der Waals surface area contributed by atoms with Crippen molar-refractivity contribution in [3.63, 3.8) is 0 Å². The summed E-state index contributed by atoms with van der Waals surface area (Å²) in [6, 6.07) is 17.9. The third kappa shape index (κ3) is 6.13. The lowest BCUT2D eigenvalue weighted by Crippen LogP contribution is -2.15. The number of hydrogen-bond acceptors (Lipinski definition) is 7. The number of ether oxygens (including phenoxy) is 2. The molecule has 0 aliphatic heterocycles. The second-order valence-electron chi connectivity index (χ2n) is 7.68. The second kappa shape index (κ2) is 11.0. The minimum Gasteiger partial charge on any atom is -0.507 e. The highest BCUT2D eigenvalue weighted by Crippen LogP contribution is 2.35. The van der Waals surface area contributed by atoms with Crippen LogP contribution < -0.4 is 14.8 Å². The van der Waals surface area contributed by atoms with Gasteiger partial charge in [0.05, 0.1) is 24.2 Å². The standard InChI is InChI=1S/C26H28N2O6S/c1-5-34-26(30)24(18(3)27-19-11-13-21(33-4)14-12-19)23-16-20(15-17(2)25(23)29)28-35(31,32)22-9-7-6-8-10-22/h6-16,27-29H,5H2,1-4H3. The summed E-state index contributed by atoms with van der Waals surface area (Å²) < 4.78 is 38.6. The molecule has 0 bridgehead atoms. The number of hydrogen-bond donors (Lipinski definition) is 3. The molecule has 0 atom stereocenters. The molecule has 0 aromatic heterocycles. The Morgan fingerprint density at radius 3 is 2.26 bits per heavy atom. The molecule has 184 valence electrons. The van der Waals surface area contributed by atoms with E-state index in [-0.39, 0.29) is 34.1 Å². The van der Waals surface area contributed by atoms with Gasteiger partial charge in [-0.25, -0.2) is 13.2 Å². The first kappa shape index (κ1) is 25.6. The molecule has 0 heterocycles. The Balaban J connectivity index is 2.08. The minimum atomic E-state index is -3.88. The fourth-order valence-electron chi connectivity index (χ4n) is 3.46. The van der Waals surface area contributed by atoms with Crippen LogP contribution in [0.3, 0.4) is 0 Å². The van der Waals surface area contributed by atoms with Crippen LogP contribution in [0.1, 0.15) is 25.0 Å². The summed E-state index contributed by atoms with van der Waals surface area (Å²) in [7, 11) is -2.32. The van der Waals surface area contributed by atoms with Crippen LogP contribution in [0.4, 0.5) is 11.4 Å². The van der Waals surface area contributed by atoms with E-state index in [9.17, 15) is 18.3 Å². The minimum absolute atomic E-state index is 0.0732. The zero-order valence-corrected chi connectivity index (χ0v) is 20.8. The van der Waals surface area contributed by atoms with Gasteiger partial charge in [0.2, 0.25) is 0 Å². The molecule has 0 saturated carbocycles. The Labute approximate surface area is 205 Å². The second-order valence-corrected chi connectivity index (χ2v) is 9.36. The van der Waals surface area contributed by atoms with Crippen molar-refractivity contribution in [3.8, 4) is 11.5 Å². The van der Waals surface area contributed by atoms with Crippen molar-refractivity contribution in [2.45, 2.75) is 25.7 Å². The number of sulfonamides is 1. The zero-order chi connectivity index (χ0) is 25.6. The predicted molar refractivity (Wildman–Crippen MR) is 136 cm³/mol. The molecule has 3 aromatic rings. The van der Waals surface area contributed by atoms with Gasteiger partial charge in [-0.2, -0.15) is 0 Å². The van der Waals surface area contributed by atoms with Crippen LogP contribution in [0.15, 0.2) is 77.3 Å². The molecule has 0 radical (unpaired) electrons. The van der Waals surface area contributed by atoms with E-state index in [2.05, 4.69) is 10.0 Å². The van der Waals surface area contributed by atoms with Crippen LogP contribution in [0.5, 0.6) is 11.5 Å². The number of carbonyl (C=O) groups excluding carboxylic acids is 1. The quantitative estimate of drug-likeness (QED) is 0.219. The molecule has 0 aliphatic carbocycles. The molecule has 3 rings (SSSR count). The third-order valence-electron chi connectivity index (χ3n) is 5.15. The van der Waals surface area contributed by atoms with Crippen molar-refractivity contribution in [3.05, 3.63) is 83.6 Å². The summed E-state index contributed by atoms with van der Waals surface area (Å²) in [5.41, 5.74) is 1.87. The number of aromatic hydroxyl groups is 1. The Morgan fingerprint density at radius 2 is 1.66 bits per heavy atom. The van der Waals surface area contributed by atoms with Gasteiger partial charge in [-0.15, -0.1) is 0 Å². The lowest BCUT2D eigenvalue weighted by atomic mass is 9.99. The van der Waals surface area contributed by atoms with Gasteiger partial charge < -0.3 is 19.9 Å². The van der Waals surface area contributed by atoms with E-state index in [1.54, 1.807) is 70.3 Å². The van der Waals surface area contributed by atoms with Gasteiger partial charge in [0.1, 0.15) is 11.5 Å². The molecule has 3 N–H and O–H groups in total. The van der Waals surface area contributed by atoms with E-state index in [4.69, 9.17) is 9.47 Å². The number of benzene rings is 3. The molecule has 0 fully saturated rings. The topological polar surface area (TPSA) is 114 Å². The number of methoxy groups -OCH3 is 1. The molecule has 9 heteroatoms. The molecule has 0 unspecified atom stereocenters. The van der Waals surface area contributed by atoms with Crippen molar-refractivity contribution in [2.24, 2.45) is 0 Å². The van der Waals surface area contributed by atoms with E-state index in [1.807, 2.05) is 0 Å². The normalized spacial score (nSPS) is 11.9. The molecule has 8 nitrogen and oxygen atoms in total. The number of aryl methyl sites for hydroxylation is 1. The van der Waals surface area contributed by atoms with Gasteiger partial charge in [-0.1, -0.05) is 18.2 Å². The molecule has 3 aromatic carbocycles. The lowest BCUT2D eigenvalue weighted by molar-refractivity contribution is -0.136. The molecule has 0 spiro atoms. The van der Waals surface area contributed by atoms with Crippen LogP contribution in [0, 0.1) is 6.92 Å². The van der Waals surface area contributed by atoms with Crippen LogP contribution >= 0.6 is 0 Å². The number of allylic oxidation sites excluding steroid dienone is 1. The SMILES string of the molecule is CCOC(=O)C(=C(C)Nc1ccc(OC)cc1)c1cc(NS(=O)(=O)c2ccccc2)cc(C)c1O. The van der Waals surface area contributed by atoms with Crippen molar-refractivity contribution in [1.29, 1.82) is 0 Å². The van der Waals surface area contributed by atoms with Gasteiger partial charge >= 0.3 is 5.97 Å². The van der Waals surface area contributed by atoms with Gasteiger partial charge in [0.25, 0.3) is 10.0 Å². The summed E-state index contributed by atoms with van der Waals surface area (Å²) in [6.07, 6.45) is 0. The highest BCUT2D eigenvalue weighted by atomic mass is 32.2. The average molecular weight is 497 g/mol. The maximum absolute atomic E-state index is 13.0. The zero-order valence-electron chi connectivity index (χ0n) is 20.0. The van der Waals surface area contributed by atoms with E-state index in [0.717, 1.165) is 0 Å². The van der Waals surface area contributed by atoms with Crippen molar-refractivity contribution in [1.82, 2.24) is 0 Å². The molecule has 35 heavy (non-hydrogen) atoms. The molecule has 0 saturated heterocycles. The monoisotopic (exact) mass is 496 g/mol. The lowest BCUT2D eigenvalue weighted by Gasteiger charge is -2.18. The molecular weight excluding hydrogens is 468 g/mol. The first-order valence-electron chi connectivity index (χ1n) is 10.9. The van der Waals surface area contributed by atoms with Crippen molar-refractivity contribution < 1.29 is 27.8 Å². The highest BCUT2D eigenvalue weighted by molar-refractivity contribution is 7.92. The number of carbonyl (C=O) groups is 1. The average Bonchev–Trinajstić information content (AvgIpc) is 2.83. The van der Waals surface area contributed by atoms with Gasteiger partial charge in [-0.3, -0.25) is 4.72 Å². The smallest absolute Gasteiger partial charge is 0.340 e. The Morgan fingerprint density at radius 1 is 1.00 bits per heavy atom. The Bertz CT molecular complexity index is 1330. The van der Waals surface area contributed by atoms with Crippen LogP contribution in [-0.4, -0.2) is 33.2 Å². The highest BCUT2D eigenvalue weighted by Gasteiger charge is 2.23. The summed E-state index contributed by atoms with van der Waals surface area (Å²) in [5.74, 6) is -0.148. The summed E-state index contributed by atoms with van der Waals surface area (Å²) in [5, 5.41) is 14.0. The number of anilines is 2. The third-order valence-corrected chi connectivity index (χ3v) is 6.55. The van der Waals surface area contributed by atoms with Crippen LogP contribution in [0.2, 0.25) is 0 Å². The summed E-state index contributed by atoms with van der Waals surface area (Å²) >= 11 is 0. The fraction of sp³-hybridized carbons (Fsp3) is 0.192. The Hall–Kier alpha value is -3.98. The van der Waals surface area contributed by atoms with Gasteiger partial charge in [-0.05, 0) is 74.9 Å².